The third-order valence-corrected chi connectivity index (χ3v) is 9.20. The van der Waals surface area contributed by atoms with Crippen LogP contribution in [0.3, 0.4) is 0 Å². The molecule has 0 radical (unpaired) electrons. The van der Waals surface area contributed by atoms with E-state index in [0.29, 0.717) is 29.4 Å². The number of nitrogens with one attached hydrogen (secondary N) is 2. The number of ether oxygens (including phenoxy) is 1. The van der Waals surface area contributed by atoms with Crippen LogP contribution in [0, 0.1) is 13.8 Å². The van der Waals surface area contributed by atoms with Gasteiger partial charge in [-0.05, 0) is 56.9 Å². The smallest absolute Gasteiger partial charge is 0.246 e. The van der Waals surface area contributed by atoms with E-state index in [1.807, 2.05) is 13.0 Å². The van der Waals surface area contributed by atoms with Gasteiger partial charge in [0.25, 0.3) is 0 Å². The van der Waals surface area contributed by atoms with Gasteiger partial charge in [0, 0.05) is 43.3 Å². The number of benzene rings is 1. The topological polar surface area (TPSA) is 92.2 Å². The summed E-state index contributed by atoms with van der Waals surface area (Å²) in [7, 11) is -0.105. The molecule has 2 aliphatic rings. The Bertz CT molecular complexity index is 1270. The maximum Gasteiger partial charge on any atom is 0.246 e. The summed E-state index contributed by atoms with van der Waals surface area (Å²) in [5.74, 6) is 0.852. The minimum absolute atomic E-state index is 0.231. The maximum atomic E-state index is 13.4. The molecular weight excluding hydrogens is 414 g/mol. The van der Waals surface area contributed by atoms with E-state index >= 15 is 0 Å². The van der Waals surface area contributed by atoms with Crippen molar-refractivity contribution < 1.29 is 13.2 Å². The van der Waals surface area contributed by atoms with Crippen LogP contribution in [0.2, 0.25) is 0 Å². The first-order chi connectivity index (χ1) is 14.8. The molecule has 0 amide bonds. The highest BCUT2D eigenvalue weighted by atomic mass is 32.2. The third kappa shape index (κ3) is 3.01. The van der Waals surface area contributed by atoms with Crippen LogP contribution >= 0.6 is 0 Å². The number of nitrogens with zero attached hydrogens (tertiary/aromatic N) is 3. The van der Waals surface area contributed by atoms with Crippen LogP contribution in [-0.4, -0.2) is 54.2 Å². The Kier molecular flexibility index (Phi) is 4.69. The summed E-state index contributed by atoms with van der Waals surface area (Å²) in [6.45, 7) is 5.40. The van der Waals surface area contributed by atoms with Crippen LogP contribution in [0.4, 0.5) is 0 Å². The Morgan fingerprint density at radius 2 is 1.94 bits per heavy atom. The molecule has 1 spiro atoms. The first-order valence-electron chi connectivity index (χ1n) is 10.7. The average Bonchev–Trinajstić information content (AvgIpc) is 3.25. The van der Waals surface area contributed by atoms with Crippen LogP contribution in [-0.2, 0) is 29.0 Å². The molecule has 2 aliphatic heterocycles. The zero-order valence-electron chi connectivity index (χ0n) is 18.4. The molecule has 0 atom stereocenters. The van der Waals surface area contributed by atoms with Crippen molar-refractivity contribution in [1.82, 2.24) is 24.4 Å². The summed E-state index contributed by atoms with van der Waals surface area (Å²) in [4.78, 5) is 3.98. The quantitative estimate of drug-likeness (QED) is 0.648. The molecule has 0 unspecified atom stereocenters. The Hall–Kier alpha value is -2.36. The Labute approximate surface area is 182 Å². The molecule has 2 aromatic heterocycles. The van der Waals surface area contributed by atoms with Gasteiger partial charge < -0.3 is 15.0 Å². The molecule has 2 N–H and O–H groups in total. The van der Waals surface area contributed by atoms with E-state index in [1.165, 1.54) is 16.6 Å². The summed E-state index contributed by atoms with van der Waals surface area (Å²) < 4.78 is 35.5. The predicted molar refractivity (Wildman–Crippen MR) is 119 cm³/mol. The van der Waals surface area contributed by atoms with Crippen molar-refractivity contribution >= 4 is 20.9 Å². The van der Waals surface area contributed by atoms with Gasteiger partial charge in [0.15, 0.2) is 0 Å². The standard InChI is InChI=1S/C22H29N5O3S/c1-14-20(15(2)26(3)25-14)31(28,29)27-11-8-22(9-12-27)21-17(7-10-23-22)18-13-16(30-4)5-6-19(18)24-21/h5-6,13,23-24H,7-12H2,1-4H3. The van der Waals surface area contributed by atoms with E-state index in [4.69, 9.17) is 4.74 Å². The van der Waals surface area contributed by atoms with Crippen molar-refractivity contribution in [2.45, 2.75) is 43.5 Å². The van der Waals surface area contributed by atoms with Gasteiger partial charge >= 0.3 is 0 Å². The normalized spacial score (nSPS) is 19.1. The number of hydrogen-bond donors (Lipinski definition) is 2. The Balaban J connectivity index is 1.47. The second kappa shape index (κ2) is 7.08. The number of rotatable bonds is 3. The van der Waals surface area contributed by atoms with Gasteiger partial charge in [-0.25, -0.2) is 8.42 Å². The molecular formula is C22H29N5O3S. The maximum absolute atomic E-state index is 13.4. The largest absolute Gasteiger partial charge is 0.497 e. The number of piperidine rings is 1. The number of aromatic amines is 1. The third-order valence-electron chi connectivity index (χ3n) is 7.05. The number of aryl methyl sites for hydroxylation is 2. The molecule has 31 heavy (non-hydrogen) atoms. The summed E-state index contributed by atoms with van der Waals surface area (Å²) in [5, 5.41) is 9.23. The SMILES string of the molecule is COc1ccc2[nH]c3c(c2c1)CCNC31CCN(S(=O)(=O)c2c(C)nn(C)c2C)CC1. The van der Waals surface area contributed by atoms with Crippen molar-refractivity contribution in [3.05, 3.63) is 40.8 Å². The lowest BCUT2D eigenvalue weighted by Gasteiger charge is -2.44. The summed E-state index contributed by atoms with van der Waals surface area (Å²) >= 11 is 0. The highest BCUT2D eigenvalue weighted by Gasteiger charge is 2.44. The minimum Gasteiger partial charge on any atom is -0.497 e. The molecule has 0 bridgehead atoms. The first-order valence-corrected chi connectivity index (χ1v) is 12.2. The van der Waals surface area contributed by atoms with Crippen molar-refractivity contribution in [3.63, 3.8) is 0 Å². The van der Waals surface area contributed by atoms with Crippen molar-refractivity contribution in [2.24, 2.45) is 7.05 Å². The molecule has 3 aromatic rings. The van der Waals surface area contributed by atoms with Crippen LogP contribution < -0.4 is 10.1 Å². The van der Waals surface area contributed by atoms with E-state index in [0.717, 1.165) is 37.1 Å². The summed E-state index contributed by atoms with van der Waals surface area (Å²) in [6, 6.07) is 6.13. The molecule has 5 rings (SSSR count). The van der Waals surface area contributed by atoms with Crippen LogP contribution in [0.15, 0.2) is 23.1 Å². The highest BCUT2D eigenvalue weighted by Crippen LogP contribution is 2.41. The lowest BCUT2D eigenvalue weighted by Crippen LogP contribution is -2.55. The fourth-order valence-corrected chi connectivity index (χ4v) is 7.17. The number of aromatic nitrogens is 3. The number of hydrogen-bond acceptors (Lipinski definition) is 5. The zero-order chi connectivity index (χ0) is 22.0. The van der Waals surface area contributed by atoms with E-state index < -0.39 is 10.0 Å². The summed E-state index contributed by atoms with van der Waals surface area (Å²) in [5.41, 5.74) is 4.63. The number of H-pyrrole nitrogens is 1. The van der Waals surface area contributed by atoms with E-state index in [1.54, 1.807) is 30.1 Å². The summed E-state index contributed by atoms with van der Waals surface area (Å²) in [6.07, 6.45) is 2.39. The van der Waals surface area contributed by atoms with Gasteiger partial charge in [-0.15, -0.1) is 0 Å². The van der Waals surface area contributed by atoms with Gasteiger partial charge in [-0.2, -0.15) is 9.40 Å². The molecule has 1 aromatic carbocycles. The van der Waals surface area contributed by atoms with Crippen molar-refractivity contribution in [2.75, 3.05) is 26.7 Å². The number of methoxy groups -OCH3 is 1. The van der Waals surface area contributed by atoms with Crippen LogP contribution in [0.5, 0.6) is 5.75 Å². The first kappa shape index (κ1) is 20.5. The molecule has 0 aliphatic carbocycles. The molecule has 0 saturated carbocycles. The van der Waals surface area contributed by atoms with Crippen LogP contribution in [0.1, 0.15) is 35.5 Å². The lowest BCUT2D eigenvalue weighted by molar-refractivity contribution is 0.180. The van der Waals surface area contributed by atoms with E-state index in [-0.39, 0.29) is 5.54 Å². The highest BCUT2D eigenvalue weighted by molar-refractivity contribution is 7.89. The molecule has 9 heteroatoms. The van der Waals surface area contributed by atoms with Crippen LogP contribution in [0.25, 0.3) is 10.9 Å². The van der Waals surface area contributed by atoms with Gasteiger partial charge in [0.05, 0.1) is 24.0 Å². The average molecular weight is 444 g/mol. The van der Waals surface area contributed by atoms with Gasteiger partial charge in [0.1, 0.15) is 10.6 Å². The van der Waals surface area contributed by atoms with Gasteiger partial charge in [-0.3, -0.25) is 4.68 Å². The number of sulfonamides is 1. The molecule has 1 saturated heterocycles. The fourth-order valence-electron chi connectivity index (χ4n) is 5.33. The van der Waals surface area contributed by atoms with Crippen molar-refractivity contribution in [1.29, 1.82) is 0 Å². The predicted octanol–water partition coefficient (Wildman–Crippen LogP) is 2.35. The second-order valence-corrected chi connectivity index (χ2v) is 10.6. The van der Waals surface area contributed by atoms with E-state index in [9.17, 15) is 8.42 Å². The Morgan fingerprint density at radius 3 is 2.58 bits per heavy atom. The number of fused-ring (bicyclic) bond motifs is 4. The zero-order valence-corrected chi connectivity index (χ0v) is 19.3. The molecule has 166 valence electrons. The Morgan fingerprint density at radius 1 is 1.19 bits per heavy atom. The van der Waals surface area contributed by atoms with Gasteiger partial charge in [0.2, 0.25) is 10.0 Å². The molecule has 8 nitrogen and oxygen atoms in total. The minimum atomic E-state index is -3.57. The second-order valence-electron chi connectivity index (χ2n) is 8.68. The van der Waals surface area contributed by atoms with E-state index in [2.05, 4.69) is 27.5 Å². The van der Waals surface area contributed by atoms with Crippen molar-refractivity contribution in [3.8, 4) is 5.75 Å². The fraction of sp³-hybridized carbons (Fsp3) is 0.500. The lowest BCUT2D eigenvalue weighted by atomic mass is 9.80. The van der Waals surface area contributed by atoms with Gasteiger partial charge in [-0.1, -0.05) is 0 Å². The molecule has 1 fully saturated rings. The molecule has 4 heterocycles. The monoisotopic (exact) mass is 443 g/mol.